The standard InChI is InChI=1S/C20H22F3NO3S/c1-27-18-8-6-15(7-9-18)12-24(17-10-11-28(25,26)14-17)13-16-4-2-3-5-19(16)20(21,22)23/h2-9,17H,10-14H2,1H3. The summed E-state index contributed by atoms with van der Waals surface area (Å²) < 4.78 is 69.1. The van der Waals surface area contributed by atoms with Gasteiger partial charge < -0.3 is 4.74 Å². The van der Waals surface area contributed by atoms with E-state index in [-0.39, 0.29) is 29.7 Å². The highest BCUT2D eigenvalue weighted by Crippen LogP contribution is 2.33. The van der Waals surface area contributed by atoms with Gasteiger partial charge in [-0.05, 0) is 35.7 Å². The lowest BCUT2D eigenvalue weighted by Crippen LogP contribution is -2.35. The van der Waals surface area contributed by atoms with Gasteiger partial charge in [-0.2, -0.15) is 13.2 Å². The van der Waals surface area contributed by atoms with Crippen molar-refractivity contribution < 1.29 is 26.3 Å². The van der Waals surface area contributed by atoms with E-state index in [1.165, 1.54) is 12.1 Å². The summed E-state index contributed by atoms with van der Waals surface area (Å²) >= 11 is 0. The summed E-state index contributed by atoms with van der Waals surface area (Å²) in [6, 6.07) is 12.4. The number of alkyl halides is 3. The Bertz CT molecular complexity index is 911. The highest BCUT2D eigenvalue weighted by Gasteiger charge is 2.36. The molecular formula is C20H22F3NO3S. The molecule has 2 aromatic carbocycles. The first-order valence-electron chi connectivity index (χ1n) is 8.90. The van der Waals surface area contributed by atoms with Gasteiger partial charge in [-0.25, -0.2) is 8.42 Å². The molecule has 1 aliphatic rings. The van der Waals surface area contributed by atoms with E-state index in [4.69, 9.17) is 4.74 Å². The number of methoxy groups -OCH3 is 1. The quantitative estimate of drug-likeness (QED) is 0.721. The van der Waals surface area contributed by atoms with E-state index in [9.17, 15) is 21.6 Å². The van der Waals surface area contributed by atoms with E-state index in [1.54, 1.807) is 25.3 Å². The van der Waals surface area contributed by atoms with E-state index in [1.807, 2.05) is 17.0 Å². The van der Waals surface area contributed by atoms with Crippen LogP contribution in [0.15, 0.2) is 48.5 Å². The fourth-order valence-corrected chi connectivity index (χ4v) is 5.26. The first-order chi connectivity index (χ1) is 13.2. The maximum atomic E-state index is 13.4. The van der Waals surface area contributed by atoms with Crippen molar-refractivity contribution in [3.63, 3.8) is 0 Å². The van der Waals surface area contributed by atoms with Crippen molar-refractivity contribution in [3.8, 4) is 5.75 Å². The van der Waals surface area contributed by atoms with Crippen LogP contribution < -0.4 is 4.74 Å². The van der Waals surface area contributed by atoms with Crippen molar-refractivity contribution in [2.24, 2.45) is 0 Å². The van der Waals surface area contributed by atoms with Crippen molar-refractivity contribution in [1.82, 2.24) is 4.90 Å². The molecule has 0 amide bonds. The van der Waals surface area contributed by atoms with Crippen molar-refractivity contribution in [2.75, 3.05) is 18.6 Å². The Morgan fingerprint density at radius 1 is 1.07 bits per heavy atom. The molecule has 0 N–H and O–H groups in total. The van der Waals surface area contributed by atoms with Crippen LogP contribution in [0.4, 0.5) is 13.2 Å². The van der Waals surface area contributed by atoms with Crippen molar-refractivity contribution >= 4 is 9.84 Å². The Morgan fingerprint density at radius 2 is 1.75 bits per heavy atom. The Hall–Kier alpha value is -2.06. The molecule has 1 saturated heterocycles. The molecule has 1 atom stereocenters. The van der Waals surface area contributed by atoms with Gasteiger partial charge in [0.05, 0.1) is 24.2 Å². The highest BCUT2D eigenvalue weighted by atomic mass is 32.2. The zero-order valence-electron chi connectivity index (χ0n) is 15.4. The van der Waals surface area contributed by atoms with Crippen LogP contribution in [0.25, 0.3) is 0 Å². The fraction of sp³-hybridized carbons (Fsp3) is 0.400. The van der Waals surface area contributed by atoms with Crippen LogP contribution >= 0.6 is 0 Å². The minimum atomic E-state index is -4.45. The molecule has 152 valence electrons. The second-order valence-electron chi connectivity index (χ2n) is 6.96. The topological polar surface area (TPSA) is 46.6 Å². The number of hydrogen-bond acceptors (Lipinski definition) is 4. The van der Waals surface area contributed by atoms with Gasteiger partial charge in [0.2, 0.25) is 0 Å². The minimum Gasteiger partial charge on any atom is -0.497 e. The maximum absolute atomic E-state index is 13.4. The zero-order valence-corrected chi connectivity index (χ0v) is 16.3. The van der Waals surface area contributed by atoms with Gasteiger partial charge in [-0.3, -0.25) is 4.90 Å². The highest BCUT2D eigenvalue weighted by molar-refractivity contribution is 7.91. The second kappa shape index (κ2) is 8.13. The summed E-state index contributed by atoms with van der Waals surface area (Å²) in [5.74, 6) is 0.718. The third-order valence-corrected chi connectivity index (χ3v) is 6.72. The van der Waals surface area contributed by atoms with Gasteiger partial charge in [0, 0.05) is 19.1 Å². The van der Waals surface area contributed by atoms with Crippen LogP contribution in [0.2, 0.25) is 0 Å². The number of hydrogen-bond donors (Lipinski definition) is 0. The van der Waals surface area contributed by atoms with E-state index >= 15 is 0 Å². The van der Waals surface area contributed by atoms with Crippen LogP contribution in [0, 0.1) is 0 Å². The lowest BCUT2D eigenvalue weighted by atomic mass is 10.0. The fourth-order valence-electron chi connectivity index (χ4n) is 3.50. The number of nitrogens with zero attached hydrogens (tertiary/aromatic N) is 1. The van der Waals surface area contributed by atoms with Gasteiger partial charge in [0.1, 0.15) is 5.75 Å². The summed E-state index contributed by atoms with van der Waals surface area (Å²) in [7, 11) is -1.60. The molecular weight excluding hydrogens is 391 g/mol. The van der Waals surface area contributed by atoms with Gasteiger partial charge in [0.25, 0.3) is 0 Å². The second-order valence-corrected chi connectivity index (χ2v) is 9.19. The third-order valence-electron chi connectivity index (χ3n) is 4.97. The van der Waals surface area contributed by atoms with Crippen LogP contribution in [-0.2, 0) is 29.1 Å². The zero-order chi connectivity index (χ0) is 20.4. The Balaban J connectivity index is 1.88. The van der Waals surface area contributed by atoms with Gasteiger partial charge in [-0.1, -0.05) is 30.3 Å². The van der Waals surface area contributed by atoms with E-state index < -0.39 is 21.6 Å². The number of ether oxygens (including phenoxy) is 1. The number of rotatable bonds is 6. The lowest BCUT2D eigenvalue weighted by molar-refractivity contribution is -0.138. The molecule has 1 fully saturated rings. The van der Waals surface area contributed by atoms with Crippen molar-refractivity contribution in [3.05, 3.63) is 65.2 Å². The Kier molecular flexibility index (Phi) is 6.00. The molecule has 1 unspecified atom stereocenters. The van der Waals surface area contributed by atoms with Gasteiger partial charge >= 0.3 is 6.18 Å². The predicted molar refractivity (Wildman–Crippen MR) is 101 cm³/mol. The average molecular weight is 413 g/mol. The number of sulfone groups is 1. The molecule has 0 aliphatic carbocycles. The first kappa shape index (κ1) is 20.7. The van der Waals surface area contributed by atoms with Crippen LogP contribution in [0.1, 0.15) is 23.1 Å². The Morgan fingerprint density at radius 3 is 2.32 bits per heavy atom. The molecule has 3 rings (SSSR count). The molecule has 0 spiro atoms. The smallest absolute Gasteiger partial charge is 0.416 e. The van der Waals surface area contributed by atoms with Gasteiger partial charge in [0.15, 0.2) is 9.84 Å². The average Bonchev–Trinajstić information content (AvgIpc) is 3.01. The molecule has 8 heteroatoms. The first-order valence-corrected chi connectivity index (χ1v) is 10.7. The molecule has 1 heterocycles. The molecule has 0 radical (unpaired) electrons. The summed E-state index contributed by atoms with van der Waals surface area (Å²) in [6.07, 6.45) is -4.03. The lowest BCUT2D eigenvalue weighted by Gasteiger charge is -2.29. The summed E-state index contributed by atoms with van der Waals surface area (Å²) in [4.78, 5) is 1.83. The SMILES string of the molecule is COc1ccc(CN(Cc2ccccc2C(F)(F)F)C2CCS(=O)(=O)C2)cc1. The predicted octanol–water partition coefficient (Wildman–Crippen LogP) is 3.90. The van der Waals surface area contributed by atoms with Crippen LogP contribution in [0.3, 0.4) is 0 Å². The molecule has 0 aromatic heterocycles. The molecule has 2 aromatic rings. The van der Waals surface area contributed by atoms with Crippen LogP contribution in [-0.4, -0.2) is 38.0 Å². The van der Waals surface area contributed by atoms with Crippen LogP contribution in [0.5, 0.6) is 5.75 Å². The monoisotopic (exact) mass is 413 g/mol. The van der Waals surface area contributed by atoms with Crippen molar-refractivity contribution in [2.45, 2.75) is 31.7 Å². The molecule has 1 aliphatic heterocycles. The van der Waals surface area contributed by atoms with Crippen molar-refractivity contribution in [1.29, 1.82) is 0 Å². The van der Waals surface area contributed by atoms with E-state index in [0.29, 0.717) is 18.7 Å². The van der Waals surface area contributed by atoms with Gasteiger partial charge in [-0.15, -0.1) is 0 Å². The minimum absolute atomic E-state index is 0.0297. The number of benzene rings is 2. The molecule has 28 heavy (non-hydrogen) atoms. The Labute approximate surface area is 162 Å². The van der Waals surface area contributed by atoms with E-state index in [0.717, 1.165) is 11.6 Å². The molecule has 4 nitrogen and oxygen atoms in total. The normalized spacial score (nSPS) is 19.1. The maximum Gasteiger partial charge on any atom is 0.416 e. The number of halogens is 3. The largest absolute Gasteiger partial charge is 0.497 e. The molecule has 0 saturated carbocycles. The third kappa shape index (κ3) is 5.05. The molecule has 0 bridgehead atoms. The van der Waals surface area contributed by atoms with E-state index in [2.05, 4.69) is 0 Å². The summed E-state index contributed by atoms with van der Waals surface area (Å²) in [5, 5.41) is 0. The summed E-state index contributed by atoms with van der Waals surface area (Å²) in [5.41, 5.74) is 0.345. The summed E-state index contributed by atoms with van der Waals surface area (Å²) in [6.45, 7) is 0.387.